The predicted molar refractivity (Wildman–Crippen MR) is 78.6 cm³/mol. The van der Waals surface area contributed by atoms with Crippen LogP contribution >= 0.6 is 0 Å². The number of amides is 2. The minimum absolute atomic E-state index is 0.00104. The Morgan fingerprint density at radius 1 is 1.19 bits per heavy atom. The second kappa shape index (κ2) is 4.86. The molecule has 2 unspecified atom stereocenters. The van der Waals surface area contributed by atoms with Crippen molar-refractivity contribution in [1.82, 2.24) is 9.80 Å². The summed E-state index contributed by atoms with van der Waals surface area (Å²) in [5, 5.41) is 0. The van der Waals surface area contributed by atoms with E-state index in [1.807, 2.05) is 29.2 Å². The highest BCUT2D eigenvalue weighted by Crippen LogP contribution is 2.37. The number of fused-ring (bicyclic) bond motifs is 2. The van der Waals surface area contributed by atoms with Crippen molar-refractivity contribution in [3.05, 3.63) is 35.4 Å². The molecule has 2 heterocycles. The van der Waals surface area contributed by atoms with Crippen LogP contribution in [0.5, 0.6) is 0 Å². The number of carbonyl (C=O) groups excluding carboxylic acids is 2. The fourth-order valence-corrected chi connectivity index (χ4v) is 4.24. The van der Waals surface area contributed by atoms with Gasteiger partial charge < -0.3 is 9.80 Å². The maximum absolute atomic E-state index is 12.6. The van der Waals surface area contributed by atoms with E-state index in [0.29, 0.717) is 18.5 Å². The first kappa shape index (κ1) is 12.9. The molecule has 0 N–H and O–H groups in total. The Hall–Kier alpha value is -1.84. The van der Waals surface area contributed by atoms with Crippen LogP contribution in [0, 0.1) is 5.92 Å². The molecule has 2 atom stereocenters. The van der Waals surface area contributed by atoms with E-state index in [0.717, 1.165) is 30.5 Å². The van der Waals surface area contributed by atoms with Crippen LogP contribution in [0.25, 0.3) is 0 Å². The summed E-state index contributed by atoms with van der Waals surface area (Å²) < 4.78 is 0. The van der Waals surface area contributed by atoms with Gasteiger partial charge >= 0.3 is 0 Å². The minimum Gasteiger partial charge on any atom is -0.338 e. The van der Waals surface area contributed by atoms with Gasteiger partial charge in [0.1, 0.15) is 6.54 Å². The molecule has 2 amide bonds. The topological polar surface area (TPSA) is 40.6 Å². The van der Waals surface area contributed by atoms with Crippen molar-refractivity contribution in [3.63, 3.8) is 0 Å². The number of hydrogen-bond acceptors (Lipinski definition) is 2. The Labute approximate surface area is 124 Å². The number of hydrogen-bond donors (Lipinski definition) is 0. The normalized spacial score (nSPS) is 27.1. The average molecular weight is 284 g/mol. The van der Waals surface area contributed by atoms with Gasteiger partial charge in [0.25, 0.3) is 5.91 Å². The number of carbonyl (C=O) groups is 2. The van der Waals surface area contributed by atoms with Gasteiger partial charge in [0.15, 0.2) is 0 Å². The Morgan fingerprint density at radius 2 is 2.05 bits per heavy atom. The fourth-order valence-electron chi connectivity index (χ4n) is 4.24. The van der Waals surface area contributed by atoms with Crippen molar-refractivity contribution in [3.8, 4) is 0 Å². The van der Waals surface area contributed by atoms with Gasteiger partial charge in [0, 0.05) is 24.7 Å². The van der Waals surface area contributed by atoms with Crippen LogP contribution in [0.3, 0.4) is 0 Å². The van der Waals surface area contributed by atoms with Crippen molar-refractivity contribution in [2.45, 2.75) is 38.3 Å². The van der Waals surface area contributed by atoms with Crippen molar-refractivity contribution in [2.75, 3.05) is 13.1 Å². The van der Waals surface area contributed by atoms with E-state index in [4.69, 9.17) is 0 Å². The van der Waals surface area contributed by atoms with E-state index in [1.165, 1.54) is 12.8 Å². The smallest absolute Gasteiger partial charge is 0.254 e. The third-order valence-electron chi connectivity index (χ3n) is 5.30. The molecule has 0 aromatic heterocycles. The highest BCUT2D eigenvalue weighted by molar-refractivity contribution is 6.00. The molecule has 4 nitrogen and oxygen atoms in total. The summed E-state index contributed by atoms with van der Waals surface area (Å²) in [5.41, 5.74) is 1.79. The van der Waals surface area contributed by atoms with Gasteiger partial charge in [0.05, 0.1) is 0 Å². The molecule has 1 aliphatic carbocycles. The molecule has 0 spiro atoms. The first-order valence-electron chi connectivity index (χ1n) is 7.90. The first-order chi connectivity index (χ1) is 10.2. The summed E-state index contributed by atoms with van der Waals surface area (Å²) in [5.74, 6) is 0.840. The molecule has 0 radical (unpaired) electrons. The summed E-state index contributed by atoms with van der Waals surface area (Å²) in [7, 11) is 0. The zero-order valence-electron chi connectivity index (χ0n) is 12.1. The summed E-state index contributed by atoms with van der Waals surface area (Å²) in [6.45, 7) is 1.68. The minimum atomic E-state index is 0.00104. The Morgan fingerprint density at radius 3 is 2.90 bits per heavy atom. The second-order valence-corrected chi connectivity index (χ2v) is 6.45. The van der Waals surface area contributed by atoms with E-state index in [1.54, 1.807) is 4.90 Å². The summed E-state index contributed by atoms with van der Waals surface area (Å²) in [6.07, 6.45) is 4.80. The van der Waals surface area contributed by atoms with E-state index in [-0.39, 0.29) is 18.4 Å². The van der Waals surface area contributed by atoms with Gasteiger partial charge in [-0.1, -0.05) is 24.6 Å². The molecular weight excluding hydrogens is 264 g/mol. The monoisotopic (exact) mass is 284 g/mol. The number of likely N-dealkylation sites (tertiary alicyclic amines) is 1. The zero-order chi connectivity index (χ0) is 14.4. The van der Waals surface area contributed by atoms with Crippen molar-refractivity contribution in [2.24, 2.45) is 5.92 Å². The van der Waals surface area contributed by atoms with Gasteiger partial charge in [-0.3, -0.25) is 9.59 Å². The van der Waals surface area contributed by atoms with Crippen LogP contribution in [0.15, 0.2) is 24.3 Å². The van der Waals surface area contributed by atoms with E-state index >= 15 is 0 Å². The predicted octanol–water partition coefficient (Wildman–Crippen LogP) is 2.04. The first-order valence-corrected chi connectivity index (χ1v) is 7.90. The van der Waals surface area contributed by atoms with E-state index in [9.17, 15) is 9.59 Å². The van der Waals surface area contributed by atoms with Crippen LogP contribution in [-0.4, -0.2) is 40.7 Å². The Kier molecular flexibility index (Phi) is 2.98. The number of benzene rings is 1. The number of nitrogens with zero attached hydrogens (tertiary/aromatic N) is 2. The van der Waals surface area contributed by atoms with E-state index in [2.05, 4.69) is 0 Å². The van der Waals surface area contributed by atoms with Crippen LogP contribution in [-0.2, 0) is 11.3 Å². The molecule has 110 valence electrons. The third kappa shape index (κ3) is 2.04. The van der Waals surface area contributed by atoms with Crippen LogP contribution in [0.4, 0.5) is 0 Å². The molecule has 3 aliphatic rings. The molecule has 4 heteroatoms. The fraction of sp³-hybridized carbons (Fsp3) is 0.529. The Balaban J connectivity index is 1.45. The van der Waals surface area contributed by atoms with Gasteiger partial charge in [-0.25, -0.2) is 0 Å². The SMILES string of the molecule is O=C1c2ccccc2CN1CC(=O)N1CCC2CCCC21. The molecular formula is C17H20N2O2. The molecule has 1 aromatic carbocycles. The highest BCUT2D eigenvalue weighted by atomic mass is 16.2. The lowest BCUT2D eigenvalue weighted by Crippen LogP contribution is -2.43. The molecule has 0 bridgehead atoms. The molecule has 21 heavy (non-hydrogen) atoms. The number of rotatable bonds is 2. The summed E-state index contributed by atoms with van der Waals surface area (Å²) in [6, 6.07) is 8.09. The van der Waals surface area contributed by atoms with Crippen LogP contribution in [0.1, 0.15) is 41.6 Å². The second-order valence-electron chi connectivity index (χ2n) is 6.45. The quantitative estimate of drug-likeness (QED) is 0.834. The molecule has 4 rings (SSSR count). The van der Waals surface area contributed by atoms with Gasteiger partial charge in [-0.2, -0.15) is 0 Å². The van der Waals surface area contributed by atoms with Crippen molar-refractivity contribution < 1.29 is 9.59 Å². The lowest BCUT2D eigenvalue weighted by atomic mass is 10.0. The molecule has 1 aromatic rings. The van der Waals surface area contributed by atoms with Crippen molar-refractivity contribution in [1.29, 1.82) is 0 Å². The van der Waals surface area contributed by atoms with Gasteiger partial charge in [0.2, 0.25) is 5.91 Å². The molecule has 2 aliphatic heterocycles. The lowest BCUT2D eigenvalue weighted by Gasteiger charge is -2.26. The Bertz CT molecular complexity index is 598. The van der Waals surface area contributed by atoms with Gasteiger partial charge in [-0.15, -0.1) is 0 Å². The molecule has 1 saturated heterocycles. The maximum Gasteiger partial charge on any atom is 0.254 e. The highest BCUT2D eigenvalue weighted by Gasteiger charge is 2.40. The summed E-state index contributed by atoms with van der Waals surface area (Å²) >= 11 is 0. The molecule has 2 fully saturated rings. The largest absolute Gasteiger partial charge is 0.338 e. The lowest BCUT2D eigenvalue weighted by molar-refractivity contribution is -0.132. The van der Waals surface area contributed by atoms with E-state index < -0.39 is 0 Å². The van der Waals surface area contributed by atoms with Gasteiger partial charge in [-0.05, 0) is 36.8 Å². The van der Waals surface area contributed by atoms with Crippen LogP contribution < -0.4 is 0 Å². The third-order valence-corrected chi connectivity index (χ3v) is 5.30. The van der Waals surface area contributed by atoms with Crippen molar-refractivity contribution >= 4 is 11.8 Å². The summed E-state index contributed by atoms with van der Waals surface area (Å²) in [4.78, 5) is 28.6. The standard InChI is InChI=1S/C17H20N2O2/c20-16(19-9-8-12-5-3-7-15(12)19)11-18-10-13-4-1-2-6-14(13)17(18)21/h1-2,4,6,12,15H,3,5,7-11H2. The maximum atomic E-state index is 12.6. The zero-order valence-corrected chi connectivity index (χ0v) is 12.1. The van der Waals surface area contributed by atoms with Crippen LogP contribution in [0.2, 0.25) is 0 Å². The average Bonchev–Trinajstić information content (AvgIpc) is 3.15. The molecule has 1 saturated carbocycles.